The zero-order valence-corrected chi connectivity index (χ0v) is 43.0. The van der Waals surface area contributed by atoms with E-state index in [4.69, 9.17) is 0 Å². The fourth-order valence-electron chi connectivity index (χ4n) is 11.7. The zero-order valence-electron chi connectivity index (χ0n) is 43.0. The van der Waals surface area contributed by atoms with E-state index in [-0.39, 0.29) is 39.2 Å². The Labute approximate surface area is 389 Å². The van der Waals surface area contributed by atoms with Crippen LogP contribution in [0.25, 0.3) is 0 Å². The molecule has 2 nitrogen and oxygen atoms in total. The van der Waals surface area contributed by atoms with Crippen LogP contribution in [0.5, 0.6) is 0 Å². The van der Waals surface area contributed by atoms with Gasteiger partial charge in [0.2, 0.25) is 0 Å². The molecule has 2 heterocycles. The smallest absolute Gasteiger partial charge is 0.252 e. The Hall–Kier alpha value is -4.24. The molecule has 0 spiro atoms. The van der Waals surface area contributed by atoms with Crippen molar-refractivity contribution in [3.8, 4) is 0 Å². The second kappa shape index (κ2) is 14.9. The summed E-state index contributed by atoms with van der Waals surface area (Å²) < 4.78 is 0. The van der Waals surface area contributed by atoms with Gasteiger partial charge >= 0.3 is 0 Å². The third-order valence-electron chi connectivity index (χ3n) is 16.1. The van der Waals surface area contributed by atoms with Crippen LogP contribution in [-0.2, 0) is 32.5 Å². The molecule has 64 heavy (non-hydrogen) atoms. The molecule has 0 atom stereocenters. The van der Waals surface area contributed by atoms with E-state index >= 15 is 0 Å². The van der Waals surface area contributed by atoms with Gasteiger partial charge in [0.1, 0.15) is 0 Å². The summed E-state index contributed by atoms with van der Waals surface area (Å²) in [7, 11) is 0. The molecule has 4 aliphatic rings. The number of nitrogens with zero attached hydrogens (tertiary/aromatic N) is 2. The lowest BCUT2D eigenvalue weighted by atomic mass is 9.33. The van der Waals surface area contributed by atoms with Crippen molar-refractivity contribution in [2.24, 2.45) is 0 Å². The van der Waals surface area contributed by atoms with Gasteiger partial charge in [-0.3, -0.25) is 0 Å². The van der Waals surface area contributed by atoms with Crippen LogP contribution < -0.4 is 26.2 Å². The molecule has 0 bridgehead atoms. The largest absolute Gasteiger partial charge is 0.311 e. The van der Waals surface area contributed by atoms with E-state index in [1.807, 2.05) is 0 Å². The molecule has 0 aromatic heterocycles. The van der Waals surface area contributed by atoms with Crippen molar-refractivity contribution in [3.63, 3.8) is 0 Å². The van der Waals surface area contributed by atoms with Crippen LogP contribution in [-0.4, -0.2) is 6.71 Å². The zero-order chi connectivity index (χ0) is 46.3. The summed E-state index contributed by atoms with van der Waals surface area (Å²) in [4.78, 5) is 5.43. The molecule has 3 heteroatoms. The summed E-state index contributed by atoms with van der Waals surface area (Å²) in [6, 6.07) is 33.3. The van der Waals surface area contributed by atoms with E-state index in [0.29, 0.717) is 5.92 Å². The normalized spacial score (nSPS) is 18.4. The minimum atomic E-state index is -0.0142. The van der Waals surface area contributed by atoms with Crippen LogP contribution in [0.3, 0.4) is 0 Å². The Bertz CT molecular complexity index is 2590. The summed E-state index contributed by atoms with van der Waals surface area (Å²) >= 11 is 0. The molecule has 9 rings (SSSR count). The van der Waals surface area contributed by atoms with Crippen LogP contribution in [0, 0.1) is 6.92 Å². The number of fused-ring (bicyclic) bond motifs is 5. The van der Waals surface area contributed by atoms with E-state index in [0.717, 1.165) is 0 Å². The summed E-state index contributed by atoms with van der Waals surface area (Å²) in [5.74, 6) is 0.609. The van der Waals surface area contributed by atoms with Gasteiger partial charge < -0.3 is 9.80 Å². The van der Waals surface area contributed by atoms with Crippen LogP contribution in [0.1, 0.15) is 206 Å². The van der Waals surface area contributed by atoms with Crippen LogP contribution >= 0.6 is 0 Å². The molecule has 0 radical (unpaired) electrons. The lowest BCUT2D eigenvalue weighted by molar-refractivity contribution is 0.332. The number of anilines is 6. The van der Waals surface area contributed by atoms with E-state index in [1.165, 1.54) is 140 Å². The van der Waals surface area contributed by atoms with Crippen molar-refractivity contribution in [2.75, 3.05) is 9.80 Å². The lowest BCUT2D eigenvalue weighted by Gasteiger charge is -2.48. The number of benzene rings is 5. The number of hydrogen-bond acceptors (Lipinski definition) is 2. The van der Waals surface area contributed by atoms with E-state index in [2.05, 4.69) is 206 Å². The highest BCUT2D eigenvalue weighted by Gasteiger charge is 2.47. The van der Waals surface area contributed by atoms with Gasteiger partial charge in [-0.05, 0) is 180 Å². The Morgan fingerprint density at radius 3 is 1.33 bits per heavy atom. The van der Waals surface area contributed by atoms with E-state index < -0.39 is 0 Å². The molecule has 336 valence electrons. The van der Waals surface area contributed by atoms with Crippen molar-refractivity contribution in [2.45, 2.75) is 201 Å². The average Bonchev–Trinajstić information content (AvgIpc) is 3.20. The van der Waals surface area contributed by atoms with E-state index in [1.54, 1.807) is 0 Å². The van der Waals surface area contributed by atoms with Gasteiger partial charge in [-0.15, -0.1) is 0 Å². The maximum Gasteiger partial charge on any atom is 0.252 e. The highest BCUT2D eigenvalue weighted by Crippen LogP contribution is 2.52. The predicted octanol–water partition coefficient (Wildman–Crippen LogP) is 15.7. The minimum absolute atomic E-state index is 0.00855. The van der Waals surface area contributed by atoms with Crippen LogP contribution in [0.2, 0.25) is 0 Å². The molecule has 1 saturated carbocycles. The molecule has 1 fully saturated rings. The molecule has 0 unspecified atom stereocenters. The Kier molecular flexibility index (Phi) is 10.5. The SMILES string of the molecule is Cc1cc2c3c(c1)N(c1cc(C(C)(C)C)cc(C(C)(C)C)c1)c1cc4c(cc1B3c1ccc(C3CCCCC3)cc1N2c1cc(C(C)(C)C)cc(C(C)(C)C)c1)C(C)(C)CCC4(C)C. The second-order valence-electron chi connectivity index (χ2n) is 26.2. The Morgan fingerprint density at radius 1 is 0.469 bits per heavy atom. The second-order valence-corrected chi connectivity index (χ2v) is 26.2. The fourth-order valence-corrected chi connectivity index (χ4v) is 11.7. The minimum Gasteiger partial charge on any atom is -0.311 e. The molecule has 2 aliphatic heterocycles. The third kappa shape index (κ3) is 7.67. The van der Waals surface area contributed by atoms with Crippen molar-refractivity contribution in [1.29, 1.82) is 0 Å². The molecular weight excluding hydrogens is 771 g/mol. The van der Waals surface area contributed by atoms with Gasteiger partial charge in [-0.1, -0.05) is 160 Å². The topological polar surface area (TPSA) is 6.48 Å². The lowest BCUT2D eigenvalue weighted by Crippen LogP contribution is -2.62. The van der Waals surface area contributed by atoms with Gasteiger partial charge in [0, 0.05) is 34.1 Å². The van der Waals surface area contributed by atoms with Gasteiger partial charge in [-0.2, -0.15) is 0 Å². The molecule has 2 aliphatic carbocycles. The maximum absolute atomic E-state index is 2.72. The monoisotopic (exact) mass is 851 g/mol. The van der Waals surface area contributed by atoms with Gasteiger partial charge in [0.25, 0.3) is 6.71 Å². The summed E-state index contributed by atoms with van der Waals surface area (Å²) in [6.07, 6.45) is 8.98. The standard InChI is InChI=1S/C61H79BN2/c1-38-27-53-55-54(28-38)64(46-34-43(58(8,9)10)31-44(35-46)59(11,12)13)52-37-48-47(60(14,15)25-26-61(48,16)17)36-50(52)62(55)49-24-23-40(39-21-19-18-20-22-39)29-51(49)63(53)45-32-41(56(2,3)4)30-42(33-45)57(5,6)7/h23-24,27-37,39H,18-22,25-26H2,1-17H3. The first-order chi connectivity index (χ1) is 29.6. The van der Waals surface area contributed by atoms with E-state index in [9.17, 15) is 0 Å². The molecule has 0 saturated heterocycles. The highest BCUT2D eigenvalue weighted by atomic mass is 15.2. The quantitative estimate of drug-likeness (QED) is 0.163. The molecule has 0 N–H and O–H groups in total. The molecule has 5 aromatic rings. The first kappa shape index (κ1) is 44.9. The maximum atomic E-state index is 2.72. The van der Waals surface area contributed by atoms with Gasteiger partial charge in [-0.25, -0.2) is 0 Å². The van der Waals surface area contributed by atoms with Crippen LogP contribution in [0.4, 0.5) is 34.1 Å². The Balaban J connectivity index is 1.43. The summed E-state index contributed by atoms with van der Waals surface area (Å²) in [5.41, 5.74) is 23.8. The summed E-state index contributed by atoms with van der Waals surface area (Å²) in [6.45, 7) is 41.0. The van der Waals surface area contributed by atoms with Crippen LogP contribution in [0.15, 0.2) is 78.9 Å². The first-order valence-electron chi connectivity index (χ1n) is 25.0. The fraction of sp³-hybridized carbons (Fsp3) is 0.508. The molecule has 5 aromatic carbocycles. The Morgan fingerprint density at radius 2 is 0.891 bits per heavy atom. The van der Waals surface area contributed by atoms with Crippen molar-refractivity contribution >= 4 is 57.2 Å². The highest BCUT2D eigenvalue weighted by molar-refractivity contribution is 7.00. The molecular formula is C61H79BN2. The van der Waals surface area contributed by atoms with Gasteiger partial charge in [0.05, 0.1) is 0 Å². The molecule has 0 amide bonds. The predicted molar refractivity (Wildman–Crippen MR) is 281 cm³/mol. The van der Waals surface area contributed by atoms with Crippen molar-refractivity contribution in [3.05, 3.63) is 123 Å². The summed E-state index contributed by atoms with van der Waals surface area (Å²) in [5, 5.41) is 0. The third-order valence-corrected chi connectivity index (χ3v) is 16.1. The number of aryl methyl sites for hydroxylation is 1. The average molecular weight is 851 g/mol. The van der Waals surface area contributed by atoms with Gasteiger partial charge in [0.15, 0.2) is 0 Å². The van der Waals surface area contributed by atoms with Crippen molar-refractivity contribution in [1.82, 2.24) is 0 Å². The number of rotatable bonds is 3. The van der Waals surface area contributed by atoms with Crippen molar-refractivity contribution < 1.29 is 0 Å². The number of hydrogen-bond donors (Lipinski definition) is 0. The first-order valence-corrected chi connectivity index (χ1v) is 25.0.